The Labute approximate surface area is 162 Å². The van der Waals surface area contributed by atoms with Crippen molar-refractivity contribution < 1.29 is 14.3 Å². The molecule has 5 nitrogen and oxygen atoms in total. The topological polar surface area (TPSA) is 51.7 Å². The first-order chi connectivity index (χ1) is 12.9. The van der Waals surface area contributed by atoms with E-state index in [0.29, 0.717) is 31.2 Å². The molecular formula is C22H30N2O3. The lowest BCUT2D eigenvalue weighted by molar-refractivity contribution is -0.0168. The lowest BCUT2D eigenvalue weighted by Crippen LogP contribution is -2.32. The van der Waals surface area contributed by atoms with Crippen molar-refractivity contribution in [3.63, 3.8) is 0 Å². The Hall–Kier alpha value is -2.40. The summed E-state index contributed by atoms with van der Waals surface area (Å²) >= 11 is 0. The first-order valence-corrected chi connectivity index (χ1v) is 9.50. The Bertz CT molecular complexity index is 694. The van der Waals surface area contributed by atoms with Crippen molar-refractivity contribution in [2.24, 2.45) is 0 Å². The van der Waals surface area contributed by atoms with E-state index < -0.39 is 0 Å². The maximum absolute atomic E-state index is 13.0. The van der Waals surface area contributed by atoms with Crippen LogP contribution >= 0.6 is 0 Å². The summed E-state index contributed by atoms with van der Waals surface area (Å²) < 4.78 is 11.2. The fourth-order valence-corrected chi connectivity index (χ4v) is 2.51. The number of carbonyl (C=O) groups excluding carboxylic acids is 1. The number of pyridine rings is 1. The van der Waals surface area contributed by atoms with E-state index >= 15 is 0 Å². The molecule has 5 heteroatoms. The highest BCUT2D eigenvalue weighted by molar-refractivity contribution is 6.05. The van der Waals surface area contributed by atoms with Crippen LogP contribution in [0.4, 0.5) is 5.69 Å². The summed E-state index contributed by atoms with van der Waals surface area (Å²) in [7, 11) is 0. The summed E-state index contributed by atoms with van der Waals surface area (Å²) in [6, 6.07) is 13.2. The predicted molar refractivity (Wildman–Crippen MR) is 108 cm³/mol. The van der Waals surface area contributed by atoms with Crippen LogP contribution in [-0.4, -0.2) is 36.3 Å². The van der Waals surface area contributed by atoms with Crippen molar-refractivity contribution in [2.45, 2.75) is 46.1 Å². The Kier molecular flexibility index (Phi) is 7.80. The van der Waals surface area contributed by atoms with Crippen LogP contribution in [0.25, 0.3) is 0 Å². The van der Waals surface area contributed by atoms with Gasteiger partial charge in [-0.2, -0.15) is 0 Å². The SMILES string of the molecule is CCCCN(C(=O)c1ccc(OCCOC(C)(C)C)nc1)c1ccccc1. The number of aromatic nitrogens is 1. The van der Waals surface area contributed by atoms with Crippen molar-refractivity contribution in [3.05, 3.63) is 54.2 Å². The van der Waals surface area contributed by atoms with Crippen molar-refractivity contribution in [1.82, 2.24) is 4.98 Å². The van der Waals surface area contributed by atoms with Gasteiger partial charge in [0.25, 0.3) is 5.91 Å². The van der Waals surface area contributed by atoms with Gasteiger partial charge >= 0.3 is 0 Å². The number of rotatable bonds is 9. The second-order valence-electron chi connectivity index (χ2n) is 7.34. The summed E-state index contributed by atoms with van der Waals surface area (Å²) in [5.74, 6) is 0.439. The molecule has 1 amide bonds. The van der Waals surface area contributed by atoms with Gasteiger partial charge in [0, 0.05) is 24.5 Å². The third-order valence-corrected chi connectivity index (χ3v) is 3.90. The number of anilines is 1. The van der Waals surface area contributed by atoms with Gasteiger partial charge in [0.15, 0.2) is 0 Å². The third kappa shape index (κ3) is 7.02. The predicted octanol–water partition coefficient (Wildman–Crippen LogP) is 4.72. The van der Waals surface area contributed by atoms with Crippen LogP contribution in [-0.2, 0) is 4.74 Å². The standard InChI is InChI=1S/C22H30N2O3/c1-5-6-14-24(19-10-8-7-9-11-19)21(25)18-12-13-20(23-17-18)26-15-16-27-22(2,3)4/h7-13,17H,5-6,14-16H2,1-4H3. The third-order valence-electron chi connectivity index (χ3n) is 3.90. The van der Waals surface area contributed by atoms with Gasteiger partial charge in [-0.15, -0.1) is 0 Å². The molecule has 2 rings (SSSR count). The average Bonchev–Trinajstić information content (AvgIpc) is 2.66. The number of ether oxygens (including phenoxy) is 2. The monoisotopic (exact) mass is 370 g/mol. The highest BCUT2D eigenvalue weighted by atomic mass is 16.5. The van der Waals surface area contributed by atoms with E-state index in [4.69, 9.17) is 9.47 Å². The van der Waals surface area contributed by atoms with Gasteiger partial charge in [-0.1, -0.05) is 31.5 Å². The van der Waals surface area contributed by atoms with Crippen molar-refractivity contribution in [3.8, 4) is 5.88 Å². The Morgan fingerprint density at radius 3 is 2.41 bits per heavy atom. The summed E-state index contributed by atoms with van der Waals surface area (Å²) in [6.07, 6.45) is 3.55. The Balaban J connectivity index is 2.00. The number of unbranched alkanes of at least 4 members (excludes halogenated alkanes) is 1. The average molecular weight is 370 g/mol. The molecule has 0 saturated heterocycles. The lowest BCUT2D eigenvalue weighted by atomic mass is 10.2. The van der Waals surface area contributed by atoms with Gasteiger partial charge in [-0.3, -0.25) is 4.79 Å². The molecule has 0 radical (unpaired) electrons. The molecule has 0 N–H and O–H groups in total. The van der Waals surface area contributed by atoms with E-state index in [9.17, 15) is 4.79 Å². The van der Waals surface area contributed by atoms with Gasteiger partial charge < -0.3 is 14.4 Å². The molecule has 146 valence electrons. The number of para-hydroxylation sites is 1. The van der Waals surface area contributed by atoms with E-state index in [-0.39, 0.29) is 11.5 Å². The summed E-state index contributed by atoms with van der Waals surface area (Å²) in [4.78, 5) is 19.0. The normalized spacial score (nSPS) is 11.3. The zero-order valence-electron chi connectivity index (χ0n) is 16.8. The molecular weight excluding hydrogens is 340 g/mol. The molecule has 0 atom stereocenters. The molecule has 0 fully saturated rings. The van der Waals surface area contributed by atoms with E-state index in [1.165, 1.54) is 0 Å². The molecule has 0 spiro atoms. The molecule has 0 aliphatic carbocycles. The van der Waals surface area contributed by atoms with Crippen LogP contribution < -0.4 is 9.64 Å². The summed E-state index contributed by atoms with van der Waals surface area (Å²) in [5, 5.41) is 0. The van der Waals surface area contributed by atoms with E-state index in [2.05, 4.69) is 11.9 Å². The molecule has 1 aromatic heterocycles. The second kappa shape index (κ2) is 10.1. The molecule has 0 unspecified atom stereocenters. The molecule has 2 aromatic rings. The second-order valence-corrected chi connectivity index (χ2v) is 7.34. The lowest BCUT2D eigenvalue weighted by Gasteiger charge is -2.22. The number of nitrogens with zero attached hydrogens (tertiary/aromatic N) is 2. The fourth-order valence-electron chi connectivity index (χ4n) is 2.51. The maximum Gasteiger partial charge on any atom is 0.259 e. The molecule has 1 heterocycles. The first-order valence-electron chi connectivity index (χ1n) is 9.50. The highest BCUT2D eigenvalue weighted by Gasteiger charge is 2.17. The van der Waals surface area contributed by atoms with Crippen molar-refractivity contribution >= 4 is 11.6 Å². The number of benzene rings is 1. The molecule has 27 heavy (non-hydrogen) atoms. The highest BCUT2D eigenvalue weighted by Crippen LogP contribution is 2.18. The number of hydrogen-bond acceptors (Lipinski definition) is 4. The number of carbonyl (C=O) groups is 1. The van der Waals surface area contributed by atoms with E-state index in [1.54, 1.807) is 23.2 Å². The van der Waals surface area contributed by atoms with E-state index in [1.807, 2.05) is 51.1 Å². The minimum Gasteiger partial charge on any atom is -0.475 e. The maximum atomic E-state index is 13.0. The number of hydrogen-bond donors (Lipinski definition) is 0. The van der Waals surface area contributed by atoms with Gasteiger partial charge in [-0.25, -0.2) is 4.98 Å². The zero-order valence-corrected chi connectivity index (χ0v) is 16.8. The summed E-state index contributed by atoms with van der Waals surface area (Å²) in [5.41, 5.74) is 1.26. The minimum atomic E-state index is -0.188. The summed E-state index contributed by atoms with van der Waals surface area (Å²) in [6.45, 7) is 9.72. The Morgan fingerprint density at radius 2 is 1.81 bits per heavy atom. The number of amides is 1. The minimum absolute atomic E-state index is 0.0511. The largest absolute Gasteiger partial charge is 0.475 e. The van der Waals surface area contributed by atoms with Gasteiger partial charge in [0.1, 0.15) is 6.61 Å². The van der Waals surface area contributed by atoms with Gasteiger partial charge in [0.05, 0.1) is 17.8 Å². The smallest absolute Gasteiger partial charge is 0.259 e. The van der Waals surface area contributed by atoms with Crippen LogP contribution in [0.1, 0.15) is 50.9 Å². The quantitative estimate of drug-likeness (QED) is 0.599. The molecule has 0 bridgehead atoms. The van der Waals surface area contributed by atoms with Gasteiger partial charge in [-0.05, 0) is 45.4 Å². The van der Waals surface area contributed by atoms with Crippen LogP contribution in [0, 0.1) is 0 Å². The van der Waals surface area contributed by atoms with Crippen molar-refractivity contribution in [1.29, 1.82) is 0 Å². The van der Waals surface area contributed by atoms with E-state index in [0.717, 1.165) is 18.5 Å². The fraction of sp³-hybridized carbons (Fsp3) is 0.455. The van der Waals surface area contributed by atoms with Crippen LogP contribution in [0.15, 0.2) is 48.7 Å². The van der Waals surface area contributed by atoms with Crippen molar-refractivity contribution in [2.75, 3.05) is 24.7 Å². The first kappa shape index (κ1) is 20.9. The van der Waals surface area contributed by atoms with Gasteiger partial charge in [0.2, 0.25) is 5.88 Å². The molecule has 0 saturated carbocycles. The molecule has 1 aromatic carbocycles. The molecule has 0 aliphatic heterocycles. The van der Waals surface area contributed by atoms with Crippen LogP contribution in [0.5, 0.6) is 5.88 Å². The molecule has 0 aliphatic rings. The Morgan fingerprint density at radius 1 is 1.07 bits per heavy atom. The van der Waals surface area contributed by atoms with Crippen LogP contribution in [0.2, 0.25) is 0 Å². The zero-order chi connectivity index (χ0) is 19.7. The van der Waals surface area contributed by atoms with Crippen LogP contribution in [0.3, 0.4) is 0 Å².